The quantitative estimate of drug-likeness (QED) is 0.619. The Bertz CT molecular complexity index is 1230. The van der Waals surface area contributed by atoms with Gasteiger partial charge in [0.25, 0.3) is 0 Å². The highest BCUT2D eigenvalue weighted by atomic mass is 32.2. The van der Waals surface area contributed by atoms with Crippen molar-refractivity contribution in [3.05, 3.63) is 60.2 Å². The molecule has 7 nitrogen and oxygen atoms in total. The van der Waals surface area contributed by atoms with E-state index < -0.39 is 21.4 Å². The second kappa shape index (κ2) is 10.3. The van der Waals surface area contributed by atoms with E-state index in [9.17, 15) is 17.6 Å². The zero-order chi connectivity index (χ0) is 25.3. The molecule has 3 fully saturated rings. The number of amides is 1. The molecule has 6 atom stereocenters. The average Bonchev–Trinajstić information content (AvgIpc) is 3.16. The summed E-state index contributed by atoms with van der Waals surface area (Å²) in [5.74, 6) is 0.398. The first-order valence-electron chi connectivity index (χ1n) is 12.7. The molecule has 2 saturated carbocycles. The molecule has 192 valence electrons. The molecule has 1 aliphatic heterocycles. The number of carbonyl (C=O) groups excluding carboxylic acids is 1. The van der Waals surface area contributed by atoms with Gasteiger partial charge in [-0.1, -0.05) is 24.3 Å². The van der Waals surface area contributed by atoms with Crippen molar-refractivity contribution in [1.82, 2.24) is 15.0 Å². The maximum Gasteiger partial charge on any atom is 0.407 e. The minimum Gasteiger partial charge on any atom is -0.450 e. The summed E-state index contributed by atoms with van der Waals surface area (Å²) in [5.41, 5.74) is 2.38. The maximum atomic E-state index is 13.6. The van der Waals surface area contributed by atoms with Gasteiger partial charge in [-0.15, -0.1) is 0 Å². The van der Waals surface area contributed by atoms with Crippen molar-refractivity contribution in [2.24, 2.45) is 23.7 Å². The van der Waals surface area contributed by atoms with Crippen molar-refractivity contribution in [3.63, 3.8) is 0 Å². The highest BCUT2D eigenvalue weighted by molar-refractivity contribution is 7.90. The molecule has 5 rings (SSSR count). The summed E-state index contributed by atoms with van der Waals surface area (Å²) in [5, 5.41) is 2.53. The summed E-state index contributed by atoms with van der Waals surface area (Å²) >= 11 is 0. The molecule has 2 N–H and O–H groups in total. The lowest BCUT2D eigenvalue weighted by molar-refractivity contribution is 0.0742. The second-order valence-electron chi connectivity index (χ2n) is 10.0. The number of ether oxygens (including phenoxy) is 1. The molecule has 0 unspecified atom stereocenters. The number of pyridine rings is 1. The Morgan fingerprint density at radius 2 is 2.06 bits per heavy atom. The number of alkyl carbamates (subject to hydrolysis) is 1. The van der Waals surface area contributed by atoms with Gasteiger partial charge in [0.15, 0.2) is 0 Å². The number of carbonyl (C=O) groups is 1. The van der Waals surface area contributed by atoms with E-state index in [0.29, 0.717) is 25.5 Å². The second-order valence-corrected chi connectivity index (χ2v) is 12.0. The summed E-state index contributed by atoms with van der Waals surface area (Å²) in [4.78, 5) is 16.5. The molecule has 1 amide bonds. The zero-order valence-corrected chi connectivity index (χ0v) is 21.1. The van der Waals surface area contributed by atoms with Gasteiger partial charge in [0.2, 0.25) is 10.0 Å². The van der Waals surface area contributed by atoms with Crippen LogP contribution in [0.4, 0.5) is 9.18 Å². The number of sulfonamides is 1. The molecule has 0 radical (unpaired) electrons. The zero-order valence-electron chi connectivity index (χ0n) is 20.3. The number of benzene rings is 1. The van der Waals surface area contributed by atoms with Crippen LogP contribution in [-0.2, 0) is 14.8 Å². The Balaban J connectivity index is 1.34. The van der Waals surface area contributed by atoms with Crippen molar-refractivity contribution in [2.75, 3.05) is 13.2 Å². The van der Waals surface area contributed by atoms with Crippen molar-refractivity contribution < 1.29 is 22.3 Å². The van der Waals surface area contributed by atoms with Gasteiger partial charge in [-0.05, 0) is 86.1 Å². The van der Waals surface area contributed by atoms with Gasteiger partial charge in [-0.3, -0.25) is 4.98 Å². The Labute approximate surface area is 211 Å². The molecule has 9 heteroatoms. The molecule has 2 aliphatic carbocycles. The van der Waals surface area contributed by atoms with Gasteiger partial charge >= 0.3 is 6.09 Å². The van der Waals surface area contributed by atoms with Crippen molar-refractivity contribution in [3.8, 4) is 11.1 Å². The smallest absolute Gasteiger partial charge is 0.407 e. The van der Waals surface area contributed by atoms with Crippen molar-refractivity contribution >= 4 is 22.2 Å². The van der Waals surface area contributed by atoms with Crippen molar-refractivity contribution in [2.45, 2.75) is 43.9 Å². The third-order valence-electron chi connectivity index (χ3n) is 7.99. The number of aromatic nitrogens is 1. The molecule has 1 aromatic carbocycles. The number of nitrogens with one attached hydrogen (secondary N) is 2. The van der Waals surface area contributed by atoms with Crippen LogP contribution in [0.2, 0.25) is 0 Å². The van der Waals surface area contributed by atoms with Crippen LogP contribution in [0.25, 0.3) is 17.2 Å². The maximum absolute atomic E-state index is 13.6. The van der Waals surface area contributed by atoms with Crippen LogP contribution >= 0.6 is 0 Å². The topological polar surface area (TPSA) is 97.4 Å². The first-order chi connectivity index (χ1) is 17.3. The molecule has 1 saturated heterocycles. The van der Waals surface area contributed by atoms with Gasteiger partial charge in [0.05, 0.1) is 17.6 Å². The summed E-state index contributed by atoms with van der Waals surface area (Å²) < 4.78 is 46.9. The number of allylic oxidation sites excluding steroid dienone is 1. The average molecular weight is 514 g/mol. The first kappa shape index (κ1) is 24.9. The number of nitrogens with zero attached hydrogens (tertiary/aromatic N) is 1. The largest absolute Gasteiger partial charge is 0.450 e. The fourth-order valence-electron chi connectivity index (χ4n) is 6.36. The molecule has 0 spiro atoms. The van der Waals surface area contributed by atoms with Crippen LogP contribution in [0.5, 0.6) is 0 Å². The lowest BCUT2D eigenvalue weighted by atomic mass is 9.60. The van der Waals surface area contributed by atoms with Crippen LogP contribution in [0.3, 0.4) is 0 Å². The highest BCUT2D eigenvalue weighted by Gasteiger charge is 2.53. The first-order valence-corrected chi connectivity index (χ1v) is 14.2. The monoisotopic (exact) mass is 513 g/mol. The lowest BCUT2D eigenvalue weighted by Crippen LogP contribution is -2.49. The number of hydrogen-bond donors (Lipinski definition) is 2. The van der Waals surface area contributed by atoms with E-state index in [0.717, 1.165) is 36.1 Å². The van der Waals surface area contributed by atoms with Gasteiger partial charge in [0.1, 0.15) is 5.82 Å². The predicted molar refractivity (Wildman–Crippen MR) is 136 cm³/mol. The van der Waals surface area contributed by atoms with E-state index >= 15 is 0 Å². The van der Waals surface area contributed by atoms with Crippen LogP contribution in [0, 0.1) is 29.5 Å². The summed E-state index contributed by atoms with van der Waals surface area (Å²) in [6, 6.07) is 10.2. The van der Waals surface area contributed by atoms with E-state index in [1.807, 2.05) is 24.3 Å². The molecule has 1 aromatic heterocycles. The number of hydrogen-bond acceptors (Lipinski definition) is 5. The molecular formula is C27H32FN3O4S. The minimum atomic E-state index is -3.34. The Hall–Kier alpha value is -2.78. The van der Waals surface area contributed by atoms with Crippen LogP contribution < -0.4 is 10.0 Å². The van der Waals surface area contributed by atoms with E-state index in [1.54, 1.807) is 19.2 Å². The van der Waals surface area contributed by atoms with Gasteiger partial charge in [-0.25, -0.2) is 22.3 Å². The molecule has 2 heterocycles. The third-order valence-corrected chi connectivity index (χ3v) is 9.90. The molecule has 2 aromatic rings. The predicted octanol–water partition coefficient (Wildman–Crippen LogP) is 4.37. The summed E-state index contributed by atoms with van der Waals surface area (Å²) in [6.45, 7) is 2.56. The van der Waals surface area contributed by atoms with Gasteiger partial charge in [0, 0.05) is 24.3 Å². The summed E-state index contributed by atoms with van der Waals surface area (Å²) in [7, 11) is -3.34. The number of rotatable bonds is 5. The number of fused-ring (bicyclic) bond motifs is 2. The minimum absolute atomic E-state index is 0.000537. The van der Waals surface area contributed by atoms with E-state index in [1.165, 1.54) is 12.1 Å². The highest BCUT2D eigenvalue weighted by Crippen LogP contribution is 2.50. The number of halogens is 1. The van der Waals surface area contributed by atoms with E-state index in [-0.39, 0.29) is 29.6 Å². The third kappa shape index (κ3) is 5.18. The molecule has 3 aliphatic rings. The Morgan fingerprint density at radius 1 is 1.19 bits per heavy atom. The standard InChI is InChI=1S/C27H32FN3O4S/c1-2-35-27(32)31-22-9-10-23-19(13-22)14-26-25(16-30-36(26,33)34)24(23)11-8-21-7-6-18(15-29-21)17-4-3-5-20(28)12-17/h3-8,11-12,15,19,22-26,30H,2,9-10,13-14,16H2,1H3,(H,31,32)/b11-8+/t19-,22+,23+,24-,25-,26+/m0/s1. The normalized spacial score (nSPS) is 30.9. The van der Waals surface area contributed by atoms with E-state index in [4.69, 9.17) is 4.74 Å². The van der Waals surface area contributed by atoms with E-state index in [2.05, 4.69) is 21.1 Å². The molecule has 0 bridgehead atoms. The van der Waals surface area contributed by atoms with Crippen LogP contribution in [-0.4, -0.2) is 43.9 Å². The SMILES string of the molecule is CCOC(=O)N[C@@H]1CC[C@@H]2[C@@H](C1)C[C@@H]1[C@@H](CNS1(=O)=O)[C@H]2/C=C/c1ccc(-c2cccc(F)c2)cn1. The lowest BCUT2D eigenvalue weighted by Gasteiger charge is -2.47. The van der Waals surface area contributed by atoms with Crippen LogP contribution in [0.15, 0.2) is 48.7 Å². The Morgan fingerprint density at radius 3 is 2.81 bits per heavy atom. The molecule has 36 heavy (non-hydrogen) atoms. The Kier molecular flexibility index (Phi) is 7.12. The summed E-state index contributed by atoms with van der Waals surface area (Å²) in [6.07, 6.45) is 8.59. The fraction of sp³-hybridized carbons (Fsp3) is 0.481. The van der Waals surface area contributed by atoms with Crippen molar-refractivity contribution in [1.29, 1.82) is 0 Å². The fourth-order valence-corrected chi connectivity index (χ4v) is 8.23. The van der Waals surface area contributed by atoms with Gasteiger partial charge < -0.3 is 10.1 Å². The molecular weight excluding hydrogens is 481 g/mol. The van der Waals surface area contributed by atoms with Crippen LogP contribution in [0.1, 0.15) is 38.3 Å². The van der Waals surface area contributed by atoms with Gasteiger partial charge in [-0.2, -0.15) is 0 Å².